The predicted octanol–water partition coefficient (Wildman–Crippen LogP) is 4.37. The lowest BCUT2D eigenvalue weighted by molar-refractivity contribution is -0.122. The number of hydrogen-bond donors (Lipinski definition) is 1. The molecule has 2 aromatic carbocycles. The molecule has 8 heteroatoms. The molecule has 7 nitrogen and oxygen atoms in total. The summed E-state index contributed by atoms with van der Waals surface area (Å²) in [6.07, 6.45) is 1.40. The maximum absolute atomic E-state index is 13.2. The minimum absolute atomic E-state index is 0.0468. The number of amides is 4. The Balaban J connectivity index is 2.06. The minimum Gasteiger partial charge on any atom is -0.493 e. The van der Waals surface area contributed by atoms with Crippen LogP contribution in [0.15, 0.2) is 35.9 Å². The van der Waals surface area contributed by atoms with Gasteiger partial charge in [-0.25, -0.2) is 9.69 Å². The number of ether oxygens (including phenoxy) is 2. The van der Waals surface area contributed by atoms with Gasteiger partial charge in [0.25, 0.3) is 11.8 Å². The number of benzene rings is 2. The maximum atomic E-state index is 13.2. The van der Waals surface area contributed by atoms with Crippen LogP contribution in [-0.4, -0.2) is 31.1 Å². The van der Waals surface area contributed by atoms with E-state index in [4.69, 9.17) is 9.47 Å². The Labute approximate surface area is 194 Å². The summed E-state index contributed by atoms with van der Waals surface area (Å²) in [7, 11) is 1.52. The van der Waals surface area contributed by atoms with Crippen molar-refractivity contribution in [2.75, 3.05) is 12.0 Å². The molecule has 0 spiro atoms. The Hall–Kier alpha value is -2.88. The number of nitrogens with zero attached hydrogens (tertiary/aromatic N) is 1. The van der Waals surface area contributed by atoms with Gasteiger partial charge >= 0.3 is 6.03 Å². The van der Waals surface area contributed by atoms with Crippen LogP contribution in [0.2, 0.25) is 0 Å². The highest BCUT2D eigenvalue weighted by molar-refractivity contribution is 14.1. The smallest absolute Gasteiger partial charge is 0.335 e. The van der Waals surface area contributed by atoms with Gasteiger partial charge in [0.05, 0.1) is 22.5 Å². The van der Waals surface area contributed by atoms with E-state index in [1.807, 2.05) is 33.8 Å². The molecule has 31 heavy (non-hydrogen) atoms. The van der Waals surface area contributed by atoms with E-state index in [1.54, 1.807) is 24.3 Å². The summed E-state index contributed by atoms with van der Waals surface area (Å²) in [5.74, 6) is -0.350. The normalized spacial score (nSPS) is 15.5. The quantitative estimate of drug-likeness (QED) is 0.350. The number of carbonyl (C=O) groups excluding carboxylic acids is 3. The Bertz CT molecular complexity index is 1110. The summed E-state index contributed by atoms with van der Waals surface area (Å²) >= 11 is 2.11. The molecule has 0 aromatic heterocycles. The van der Waals surface area contributed by atoms with Gasteiger partial charge in [-0.1, -0.05) is 12.1 Å². The van der Waals surface area contributed by atoms with Gasteiger partial charge in [-0.15, -0.1) is 0 Å². The number of rotatable bonds is 5. The zero-order valence-electron chi connectivity index (χ0n) is 17.9. The van der Waals surface area contributed by atoms with Crippen LogP contribution in [-0.2, 0) is 9.59 Å². The van der Waals surface area contributed by atoms with Crippen molar-refractivity contribution in [1.82, 2.24) is 5.32 Å². The number of barbiturate groups is 1. The highest BCUT2D eigenvalue weighted by atomic mass is 127. The SMILES string of the molecule is COc1cc(/C=C2\C(=O)NC(=O)N(c3cccc(C)c3C)C2=O)cc(I)c1OC(C)C. The summed E-state index contributed by atoms with van der Waals surface area (Å²) in [6.45, 7) is 7.54. The van der Waals surface area contributed by atoms with Gasteiger partial charge in [0.2, 0.25) is 0 Å². The largest absolute Gasteiger partial charge is 0.493 e. The molecule has 2 aromatic rings. The molecule has 1 saturated heterocycles. The van der Waals surface area contributed by atoms with Gasteiger partial charge in [-0.3, -0.25) is 14.9 Å². The monoisotopic (exact) mass is 534 g/mol. The average Bonchev–Trinajstić information content (AvgIpc) is 2.69. The number of carbonyl (C=O) groups is 3. The van der Waals surface area contributed by atoms with Gasteiger partial charge in [0.15, 0.2) is 11.5 Å². The molecule has 0 unspecified atom stereocenters. The lowest BCUT2D eigenvalue weighted by Gasteiger charge is -2.28. The first-order valence-corrected chi connectivity index (χ1v) is 10.7. The summed E-state index contributed by atoms with van der Waals surface area (Å²) in [4.78, 5) is 39.2. The van der Waals surface area contributed by atoms with E-state index in [-0.39, 0.29) is 11.7 Å². The fraction of sp³-hybridized carbons (Fsp3) is 0.261. The highest BCUT2D eigenvalue weighted by Crippen LogP contribution is 2.36. The van der Waals surface area contributed by atoms with E-state index in [0.29, 0.717) is 22.7 Å². The number of hydrogen-bond acceptors (Lipinski definition) is 5. The van der Waals surface area contributed by atoms with Crippen molar-refractivity contribution in [3.05, 3.63) is 56.2 Å². The molecule has 1 aliphatic heterocycles. The van der Waals surface area contributed by atoms with Gasteiger partial charge in [-0.05, 0) is 91.3 Å². The van der Waals surface area contributed by atoms with E-state index in [2.05, 4.69) is 27.9 Å². The van der Waals surface area contributed by atoms with Gasteiger partial charge in [0.1, 0.15) is 5.57 Å². The number of anilines is 1. The van der Waals surface area contributed by atoms with Crippen LogP contribution in [0.3, 0.4) is 0 Å². The molecule has 0 saturated carbocycles. The second-order valence-electron chi connectivity index (χ2n) is 7.38. The fourth-order valence-electron chi connectivity index (χ4n) is 3.19. The molecule has 1 fully saturated rings. The van der Waals surface area contributed by atoms with Gasteiger partial charge in [0, 0.05) is 0 Å². The van der Waals surface area contributed by atoms with Crippen molar-refractivity contribution >= 4 is 52.2 Å². The van der Waals surface area contributed by atoms with Crippen molar-refractivity contribution in [2.24, 2.45) is 0 Å². The lowest BCUT2D eigenvalue weighted by atomic mass is 10.0. The molecule has 3 rings (SSSR count). The predicted molar refractivity (Wildman–Crippen MR) is 126 cm³/mol. The molecule has 162 valence electrons. The van der Waals surface area contributed by atoms with Crippen LogP contribution in [0.25, 0.3) is 6.08 Å². The molecular formula is C23H23IN2O5. The third kappa shape index (κ3) is 4.58. The Morgan fingerprint density at radius 2 is 1.84 bits per heavy atom. The van der Waals surface area contributed by atoms with Crippen LogP contribution in [0.4, 0.5) is 10.5 Å². The topological polar surface area (TPSA) is 84.9 Å². The Morgan fingerprint density at radius 1 is 1.13 bits per heavy atom. The molecule has 0 atom stereocenters. The van der Waals surface area contributed by atoms with Crippen LogP contribution in [0.1, 0.15) is 30.5 Å². The first-order chi connectivity index (χ1) is 14.6. The van der Waals surface area contributed by atoms with E-state index >= 15 is 0 Å². The van der Waals surface area contributed by atoms with Crippen molar-refractivity contribution in [2.45, 2.75) is 33.8 Å². The first kappa shape index (κ1) is 22.8. The van der Waals surface area contributed by atoms with Crippen LogP contribution < -0.4 is 19.7 Å². The molecule has 0 aliphatic carbocycles. The zero-order chi connectivity index (χ0) is 22.9. The standard InChI is InChI=1S/C23H23IN2O5/c1-12(2)31-20-17(24)10-15(11-19(20)30-5)9-16-21(27)25-23(29)26(22(16)28)18-8-6-7-13(3)14(18)4/h6-12H,1-5H3,(H,25,27,29)/b16-9+. The summed E-state index contributed by atoms with van der Waals surface area (Å²) in [5.41, 5.74) is 2.59. The highest BCUT2D eigenvalue weighted by Gasteiger charge is 2.37. The Kier molecular flexibility index (Phi) is 6.68. The second-order valence-corrected chi connectivity index (χ2v) is 8.54. The molecule has 1 aliphatic rings. The fourth-order valence-corrected chi connectivity index (χ4v) is 3.95. The van der Waals surface area contributed by atoms with Crippen LogP contribution in [0, 0.1) is 17.4 Å². The number of halogens is 1. The third-order valence-corrected chi connectivity index (χ3v) is 5.64. The summed E-state index contributed by atoms with van der Waals surface area (Å²) in [6, 6.07) is 8.03. The molecule has 0 radical (unpaired) electrons. The molecular weight excluding hydrogens is 511 g/mol. The lowest BCUT2D eigenvalue weighted by Crippen LogP contribution is -2.54. The Morgan fingerprint density at radius 3 is 2.48 bits per heavy atom. The number of imide groups is 2. The summed E-state index contributed by atoms with van der Waals surface area (Å²) in [5, 5.41) is 2.26. The average molecular weight is 534 g/mol. The second kappa shape index (κ2) is 9.09. The number of urea groups is 1. The molecule has 4 amide bonds. The first-order valence-electron chi connectivity index (χ1n) is 9.66. The van der Waals surface area contributed by atoms with E-state index in [9.17, 15) is 14.4 Å². The number of aryl methyl sites for hydroxylation is 1. The van der Waals surface area contributed by atoms with Crippen molar-refractivity contribution in [3.8, 4) is 11.5 Å². The van der Waals surface area contributed by atoms with E-state index in [1.165, 1.54) is 13.2 Å². The van der Waals surface area contributed by atoms with Crippen molar-refractivity contribution in [1.29, 1.82) is 0 Å². The van der Waals surface area contributed by atoms with E-state index in [0.717, 1.165) is 19.6 Å². The van der Waals surface area contributed by atoms with E-state index < -0.39 is 17.8 Å². The van der Waals surface area contributed by atoms with Crippen molar-refractivity contribution in [3.63, 3.8) is 0 Å². The number of nitrogens with one attached hydrogen (secondary N) is 1. The maximum Gasteiger partial charge on any atom is 0.335 e. The van der Waals surface area contributed by atoms with Crippen LogP contribution >= 0.6 is 22.6 Å². The summed E-state index contributed by atoms with van der Waals surface area (Å²) < 4.78 is 12.0. The third-order valence-electron chi connectivity index (χ3n) is 4.83. The molecule has 1 heterocycles. The van der Waals surface area contributed by atoms with Gasteiger partial charge in [-0.2, -0.15) is 0 Å². The zero-order valence-corrected chi connectivity index (χ0v) is 20.1. The minimum atomic E-state index is -0.770. The number of methoxy groups -OCH3 is 1. The van der Waals surface area contributed by atoms with Crippen LogP contribution in [0.5, 0.6) is 11.5 Å². The van der Waals surface area contributed by atoms with Gasteiger partial charge < -0.3 is 9.47 Å². The van der Waals surface area contributed by atoms with Crippen molar-refractivity contribution < 1.29 is 23.9 Å². The molecule has 1 N–H and O–H groups in total. The molecule has 0 bridgehead atoms.